The van der Waals surface area contributed by atoms with Crippen LogP contribution in [-0.4, -0.2) is 64.5 Å². The number of ether oxygens (including phenoxy) is 3. The number of carbonyl (C=O) groups excluding carboxylic acids is 2. The number of aromatic nitrogens is 2. The zero-order valence-corrected chi connectivity index (χ0v) is 23.5. The lowest BCUT2D eigenvalue weighted by Gasteiger charge is -2.31. The van der Waals surface area contributed by atoms with Gasteiger partial charge in [0.1, 0.15) is 6.61 Å². The summed E-state index contributed by atoms with van der Waals surface area (Å²) in [5.41, 5.74) is -3.00. The third-order valence-corrected chi connectivity index (χ3v) is 6.62. The average molecular weight is 584 g/mol. The number of nitrogens with one attached hydrogen (secondary N) is 1. The summed E-state index contributed by atoms with van der Waals surface area (Å²) < 4.78 is 59.9. The Bertz CT molecular complexity index is 1100. The fraction of sp³-hybridized carbons (Fsp3) is 0.727. The fourth-order valence-corrected chi connectivity index (χ4v) is 4.01. The van der Waals surface area contributed by atoms with Crippen molar-refractivity contribution in [1.29, 1.82) is 0 Å². The Kier molecular flexibility index (Phi) is 10.4. The van der Waals surface area contributed by atoms with Gasteiger partial charge in [0.15, 0.2) is 11.5 Å². The van der Waals surface area contributed by atoms with E-state index in [9.17, 15) is 24.1 Å². The van der Waals surface area contributed by atoms with Crippen LogP contribution in [0.5, 0.6) is 0 Å². The number of rotatable bonds is 12. The van der Waals surface area contributed by atoms with E-state index in [1.165, 1.54) is 6.07 Å². The monoisotopic (exact) mass is 583 g/mol. The standard InChI is InChI=1S/C22H35FN3O12P/c1-19(2,3)16(28)33-13-36-39(32,37-14-34-17(29)20(4,5)6)35-12-21(23)8-9-22(11-27,38-21)26-10-7-15(25-31)24-18(26)30/h7,10,27,31H,8-9,11-14H2,1-6H3,(H,24,25,30)/t21-,22-/m0/s1. The van der Waals surface area contributed by atoms with Gasteiger partial charge in [-0.25, -0.2) is 22.8 Å². The number of carbonyl (C=O) groups is 2. The number of phosphoric acid groups is 1. The molecule has 1 saturated heterocycles. The second-order valence-corrected chi connectivity index (χ2v) is 12.4. The molecule has 0 amide bonds. The Morgan fingerprint density at radius 1 is 1.10 bits per heavy atom. The van der Waals surface area contributed by atoms with Crippen LogP contribution in [0.2, 0.25) is 0 Å². The minimum atomic E-state index is -4.73. The van der Waals surface area contributed by atoms with Crippen LogP contribution < -0.4 is 11.2 Å². The first kappa shape index (κ1) is 32.8. The Labute approximate surface area is 224 Å². The second kappa shape index (κ2) is 12.4. The van der Waals surface area contributed by atoms with Crippen molar-refractivity contribution in [2.75, 3.05) is 32.3 Å². The van der Waals surface area contributed by atoms with Gasteiger partial charge in [-0.15, -0.1) is 0 Å². The van der Waals surface area contributed by atoms with Crippen molar-refractivity contribution in [3.8, 4) is 0 Å². The molecule has 2 heterocycles. The van der Waals surface area contributed by atoms with Gasteiger partial charge in [0.25, 0.3) is 0 Å². The number of nitrogens with zero attached hydrogens (tertiary/aromatic N) is 2. The molecule has 0 radical (unpaired) electrons. The highest BCUT2D eigenvalue weighted by molar-refractivity contribution is 7.48. The zero-order chi connectivity index (χ0) is 29.7. The van der Waals surface area contributed by atoms with Crippen molar-refractivity contribution in [3.05, 3.63) is 22.7 Å². The van der Waals surface area contributed by atoms with Gasteiger partial charge in [0.05, 0.1) is 17.4 Å². The van der Waals surface area contributed by atoms with Crippen LogP contribution in [-0.2, 0) is 47.7 Å². The van der Waals surface area contributed by atoms with Gasteiger partial charge in [-0.3, -0.25) is 29.4 Å². The lowest BCUT2D eigenvalue weighted by Crippen LogP contribution is -2.46. The molecule has 17 heteroatoms. The highest BCUT2D eigenvalue weighted by Crippen LogP contribution is 2.52. The Hall–Kier alpha value is -2.46. The number of aliphatic hydroxyl groups is 1. The number of aliphatic hydroxyl groups excluding tert-OH is 1. The molecule has 222 valence electrons. The molecule has 3 N–H and O–H groups in total. The van der Waals surface area contributed by atoms with Crippen molar-refractivity contribution in [3.63, 3.8) is 0 Å². The summed E-state index contributed by atoms with van der Waals surface area (Å²) in [4.78, 5) is 39.9. The first-order chi connectivity index (χ1) is 17.9. The number of halogens is 1. The molecule has 0 unspecified atom stereocenters. The van der Waals surface area contributed by atoms with Gasteiger partial charge in [-0.2, -0.15) is 4.98 Å². The zero-order valence-electron chi connectivity index (χ0n) is 22.6. The topological polar surface area (TPSA) is 194 Å². The minimum Gasteiger partial charge on any atom is -0.437 e. The summed E-state index contributed by atoms with van der Waals surface area (Å²) in [5, 5.41) is 18.9. The molecule has 0 aromatic carbocycles. The van der Waals surface area contributed by atoms with E-state index in [-0.39, 0.29) is 12.2 Å². The number of hydrogen-bond donors (Lipinski definition) is 3. The number of anilines is 1. The van der Waals surface area contributed by atoms with Gasteiger partial charge in [-0.1, -0.05) is 0 Å². The quantitative estimate of drug-likeness (QED) is 0.140. The van der Waals surface area contributed by atoms with Crippen LogP contribution in [0.1, 0.15) is 54.4 Å². The molecule has 2 atom stereocenters. The number of esters is 2. The van der Waals surface area contributed by atoms with E-state index < -0.39 is 81.1 Å². The van der Waals surface area contributed by atoms with Crippen LogP contribution in [0.25, 0.3) is 0 Å². The van der Waals surface area contributed by atoms with Gasteiger partial charge in [0.2, 0.25) is 19.4 Å². The normalized spacial score (nSPS) is 22.0. The first-order valence-electron chi connectivity index (χ1n) is 11.8. The number of alkyl halides is 1. The predicted octanol–water partition coefficient (Wildman–Crippen LogP) is 2.42. The molecule has 0 bridgehead atoms. The largest absolute Gasteiger partial charge is 0.480 e. The van der Waals surface area contributed by atoms with Crippen molar-refractivity contribution < 1.29 is 56.6 Å². The van der Waals surface area contributed by atoms with Crippen molar-refractivity contribution >= 4 is 25.6 Å². The number of hydrogen-bond acceptors (Lipinski definition) is 14. The molecular weight excluding hydrogens is 548 g/mol. The smallest absolute Gasteiger partial charge is 0.437 e. The van der Waals surface area contributed by atoms with Crippen molar-refractivity contribution in [1.82, 2.24) is 9.55 Å². The summed E-state index contributed by atoms with van der Waals surface area (Å²) in [5.74, 6) is -4.30. The molecule has 1 fully saturated rings. The molecule has 15 nitrogen and oxygen atoms in total. The van der Waals surface area contributed by atoms with Crippen molar-refractivity contribution in [2.24, 2.45) is 10.8 Å². The van der Waals surface area contributed by atoms with E-state index in [0.717, 1.165) is 10.8 Å². The van der Waals surface area contributed by atoms with E-state index in [1.54, 1.807) is 47.0 Å². The molecule has 1 aliphatic heterocycles. The highest BCUT2D eigenvalue weighted by Gasteiger charge is 2.53. The van der Waals surface area contributed by atoms with Crippen LogP contribution in [0.3, 0.4) is 0 Å². The number of phosphoric ester groups is 1. The molecule has 2 rings (SSSR count). The Balaban J connectivity index is 2.15. The highest BCUT2D eigenvalue weighted by atomic mass is 31.2. The van der Waals surface area contributed by atoms with Crippen LogP contribution in [0.15, 0.2) is 17.1 Å². The molecule has 0 saturated carbocycles. The van der Waals surface area contributed by atoms with Crippen LogP contribution >= 0.6 is 7.82 Å². The molecule has 0 aliphatic carbocycles. The summed E-state index contributed by atoms with van der Waals surface area (Å²) in [6.45, 7) is 5.70. The molecular formula is C22H35FN3O12P. The maximum absolute atomic E-state index is 15.7. The van der Waals surface area contributed by atoms with E-state index >= 15 is 4.39 Å². The third kappa shape index (κ3) is 8.76. The lowest BCUT2D eigenvalue weighted by molar-refractivity contribution is -0.235. The van der Waals surface area contributed by atoms with E-state index in [2.05, 4.69) is 4.98 Å². The van der Waals surface area contributed by atoms with E-state index in [4.69, 9.17) is 33.0 Å². The SMILES string of the molecule is CC(C)(C)C(=O)OCOP(=O)(OCOC(=O)C(C)(C)C)OC[C@]1(F)CC[C@](CO)(n2ccc(NO)nc2=O)O1. The van der Waals surface area contributed by atoms with Gasteiger partial charge in [0, 0.05) is 19.0 Å². The molecule has 1 aromatic rings. The molecule has 1 aromatic heterocycles. The summed E-state index contributed by atoms with van der Waals surface area (Å²) in [7, 11) is -4.73. The molecule has 1 aliphatic rings. The van der Waals surface area contributed by atoms with Gasteiger partial charge >= 0.3 is 25.5 Å². The van der Waals surface area contributed by atoms with E-state index in [1.807, 2.05) is 0 Å². The maximum atomic E-state index is 15.7. The lowest BCUT2D eigenvalue weighted by atomic mass is 9.98. The summed E-state index contributed by atoms with van der Waals surface area (Å²) >= 11 is 0. The third-order valence-electron chi connectivity index (χ3n) is 5.33. The van der Waals surface area contributed by atoms with Gasteiger partial charge in [-0.05, 0) is 47.6 Å². The summed E-state index contributed by atoms with van der Waals surface area (Å²) in [6, 6.07) is 1.19. The van der Waals surface area contributed by atoms with Crippen LogP contribution in [0, 0.1) is 10.8 Å². The Morgan fingerprint density at radius 2 is 1.64 bits per heavy atom. The maximum Gasteiger partial charge on any atom is 0.480 e. The first-order valence-corrected chi connectivity index (χ1v) is 13.2. The predicted molar refractivity (Wildman–Crippen MR) is 130 cm³/mol. The second-order valence-electron chi connectivity index (χ2n) is 10.7. The van der Waals surface area contributed by atoms with E-state index in [0.29, 0.717) is 0 Å². The van der Waals surface area contributed by atoms with Gasteiger partial charge < -0.3 is 19.3 Å². The van der Waals surface area contributed by atoms with Crippen molar-refractivity contribution in [2.45, 2.75) is 66.0 Å². The van der Waals surface area contributed by atoms with Crippen LogP contribution in [0.4, 0.5) is 10.2 Å². The molecule has 0 spiro atoms. The summed E-state index contributed by atoms with van der Waals surface area (Å²) in [6.07, 6.45) is 0.467. The molecule has 39 heavy (non-hydrogen) atoms. The average Bonchev–Trinajstić information content (AvgIpc) is 3.19. The minimum absolute atomic E-state index is 0.188. The Morgan fingerprint density at radius 3 is 2.08 bits per heavy atom. The fourth-order valence-electron chi connectivity index (χ4n) is 3.07.